The number of nitrogens with zero attached hydrogens (tertiary/aromatic N) is 3. The Balaban J connectivity index is 2.02. The molecule has 0 aliphatic carbocycles. The van der Waals surface area contributed by atoms with E-state index in [1.54, 1.807) is 24.3 Å². The van der Waals surface area contributed by atoms with Gasteiger partial charge in [0.15, 0.2) is 0 Å². The van der Waals surface area contributed by atoms with Crippen LogP contribution in [0.3, 0.4) is 0 Å². The molecule has 0 saturated heterocycles. The summed E-state index contributed by atoms with van der Waals surface area (Å²) in [6.07, 6.45) is 1.47. The van der Waals surface area contributed by atoms with Gasteiger partial charge in [-0.2, -0.15) is 0 Å². The van der Waals surface area contributed by atoms with E-state index in [9.17, 15) is 9.90 Å². The maximum atomic E-state index is 13.4. The predicted octanol–water partition coefficient (Wildman–Crippen LogP) is 2.27. The van der Waals surface area contributed by atoms with Crippen LogP contribution in [0.25, 0.3) is 0 Å². The molecule has 1 aliphatic heterocycles. The summed E-state index contributed by atoms with van der Waals surface area (Å²) in [5, 5.41) is 9.74. The molecule has 7 nitrogen and oxygen atoms in total. The SMILES string of the molecule is COc1ccccc1C#Cc1cnc2c(c1)C(=O)N([C@@H](C)CO)C[C@H](C)[C@@H](CN(C)C)O2. The molecule has 1 amide bonds. The zero-order chi connectivity index (χ0) is 23.3. The Morgan fingerprint density at radius 2 is 2.09 bits per heavy atom. The van der Waals surface area contributed by atoms with Crippen LogP contribution in [-0.4, -0.2) is 78.8 Å². The lowest BCUT2D eigenvalue weighted by molar-refractivity contribution is 0.0348. The second kappa shape index (κ2) is 10.5. The van der Waals surface area contributed by atoms with Crippen LogP contribution in [0.15, 0.2) is 36.5 Å². The first-order valence-corrected chi connectivity index (χ1v) is 10.7. The third-order valence-corrected chi connectivity index (χ3v) is 5.51. The average Bonchev–Trinajstić information content (AvgIpc) is 2.79. The van der Waals surface area contributed by atoms with Crippen LogP contribution in [-0.2, 0) is 0 Å². The lowest BCUT2D eigenvalue weighted by Gasteiger charge is -2.37. The number of aliphatic hydroxyl groups excluding tert-OH is 1. The van der Waals surface area contributed by atoms with E-state index in [1.807, 2.05) is 45.3 Å². The van der Waals surface area contributed by atoms with Crippen molar-refractivity contribution in [2.75, 3.05) is 40.9 Å². The normalized spacial score (nSPS) is 19.2. The molecule has 2 heterocycles. The lowest BCUT2D eigenvalue weighted by Crippen LogP contribution is -2.49. The number of rotatable bonds is 5. The number of para-hydroxylation sites is 1. The minimum Gasteiger partial charge on any atom is -0.495 e. The Bertz CT molecular complexity index is 1010. The van der Waals surface area contributed by atoms with Gasteiger partial charge >= 0.3 is 0 Å². The molecule has 0 fully saturated rings. The van der Waals surface area contributed by atoms with Gasteiger partial charge in [-0.05, 0) is 39.2 Å². The fourth-order valence-corrected chi connectivity index (χ4v) is 3.64. The maximum absolute atomic E-state index is 13.4. The van der Waals surface area contributed by atoms with Gasteiger partial charge in [0.05, 0.1) is 25.3 Å². The third-order valence-electron chi connectivity index (χ3n) is 5.51. The van der Waals surface area contributed by atoms with Crippen molar-refractivity contribution in [3.8, 4) is 23.5 Å². The van der Waals surface area contributed by atoms with Crippen LogP contribution in [0.1, 0.15) is 35.3 Å². The number of amides is 1. The van der Waals surface area contributed by atoms with Crippen molar-refractivity contribution in [3.63, 3.8) is 0 Å². The topological polar surface area (TPSA) is 75.1 Å². The van der Waals surface area contributed by atoms with Crippen LogP contribution in [0, 0.1) is 17.8 Å². The fraction of sp³-hybridized carbons (Fsp3) is 0.440. The van der Waals surface area contributed by atoms with E-state index in [0.29, 0.717) is 35.8 Å². The zero-order valence-electron chi connectivity index (χ0n) is 19.3. The van der Waals surface area contributed by atoms with Gasteiger partial charge in [0, 0.05) is 30.8 Å². The summed E-state index contributed by atoms with van der Waals surface area (Å²) in [6, 6.07) is 8.89. The summed E-state index contributed by atoms with van der Waals surface area (Å²) in [5.74, 6) is 6.99. The van der Waals surface area contributed by atoms with Gasteiger partial charge in [-0.15, -0.1) is 0 Å². The van der Waals surface area contributed by atoms with Crippen LogP contribution >= 0.6 is 0 Å². The third kappa shape index (κ3) is 5.39. The van der Waals surface area contributed by atoms with E-state index in [0.717, 1.165) is 5.56 Å². The van der Waals surface area contributed by atoms with E-state index in [4.69, 9.17) is 9.47 Å². The van der Waals surface area contributed by atoms with E-state index in [1.165, 1.54) is 0 Å². The first kappa shape index (κ1) is 23.6. The number of hydrogen-bond acceptors (Lipinski definition) is 6. The number of pyridine rings is 1. The highest BCUT2D eigenvalue weighted by Crippen LogP contribution is 2.27. The summed E-state index contributed by atoms with van der Waals surface area (Å²) < 4.78 is 11.6. The Labute approximate surface area is 190 Å². The minimum atomic E-state index is -0.320. The standard InChI is InChI=1S/C25H31N3O4/c1-17-14-28(18(2)16-29)25(30)21-12-19(10-11-20-8-6-7-9-22(20)31-5)13-26-24(21)32-23(17)15-27(3)4/h6-9,12-13,17-18,23,29H,14-16H2,1-5H3/t17-,18-,23+/m0/s1. The van der Waals surface area contributed by atoms with Gasteiger partial charge in [0.1, 0.15) is 17.4 Å². The summed E-state index contributed by atoms with van der Waals surface area (Å²) in [6.45, 7) is 4.94. The summed E-state index contributed by atoms with van der Waals surface area (Å²) >= 11 is 0. The van der Waals surface area contributed by atoms with Gasteiger partial charge in [0.25, 0.3) is 5.91 Å². The maximum Gasteiger partial charge on any atom is 0.259 e. The molecule has 3 atom stereocenters. The molecule has 3 rings (SSSR count). The van der Waals surface area contributed by atoms with Crippen LogP contribution < -0.4 is 9.47 Å². The molecule has 0 saturated carbocycles. The summed E-state index contributed by atoms with van der Waals surface area (Å²) in [7, 11) is 5.57. The molecule has 1 aliphatic rings. The molecule has 1 aromatic heterocycles. The second-order valence-corrected chi connectivity index (χ2v) is 8.41. The van der Waals surface area contributed by atoms with Crippen LogP contribution in [0.2, 0.25) is 0 Å². The molecule has 0 spiro atoms. The van der Waals surface area contributed by atoms with Crippen molar-refractivity contribution in [2.45, 2.75) is 26.0 Å². The number of fused-ring (bicyclic) bond motifs is 1. The highest BCUT2D eigenvalue weighted by atomic mass is 16.5. The average molecular weight is 438 g/mol. The summed E-state index contributed by atoms with van der Waals surface area (Å²) in [5.41, 5.74) is 1.70. The number of likely N-dealkylation sites (N-methyl/N-ethyl adjacent to an activating group) is 1. The van der Waals surface area contributed by atoms with Crippen molar-refractivity contribution < 1.29 is 19.4 Å². The van der Waals surface area contributed by atoms with Crippen LogP contribution in [0.5, 0.6) is 11.6 Å². The van der Waals surface area contributed by atoms with Crippen LogP contribution in [0.4, 0.5) is 0 Å². The van der Waals surface area contributed by atoms with Crippen molar-refractivity contribution in [1.29, 1.82) is 0 Å². The molecular formula is C25H31N3O4. The number of hydrogen-bond donors (Lipinski definition) is 1. The molecule has 0 unspecified atom stereocenters. The number of ether oxygens (including phenoxy) is 2. The highest BCUT2D eigenvalue weighted by molar-refractivity contribution is 5.97. The number of methoxy groups -OCH3 is 1. The highest BCUT2D eigenvalue weighted by Gasteiger charge is 2.33. The van der Waals surface area contributed by atoms with Gasteiger partial charge in [-0.3, -0.25) is 4.79 Å². The molecule has 0 radical (unpaired) electrons. The molecule has 1 N–H and O–H groups in total. The monoisotopic (exact) mass is 437 g/mol. The Morgan fingerprint density at radius 1 is 1.34 bits per heavy atom. The molecule has 0 bridgehead atoms. The minimum absolute atomic E-state index is 0.0651. The van der Waals surface area contributed by atoms with E-state index < -0.39 is 0 Å². The first-order chi connectivity index (χ1) is 15.3. The Morgan fingerprint density at radius 3 is 2.78 bits per heavy atom. The van der Waals surface area contributed by atoms with E-state index in [2.05, 4.69) is 28.6 Å². The van der Waals surface area contributed by atoms with Crippen molar-refractivity contribution in [3.05, 3.63) is 53.2 Å². The van der Waals surface area contributed by atoms with E-state index >= 15 is 0 Å². The predicted molar refractivity (Wildman–Crippen MR) is 123 cm³/mol. The number of benzene rings is 1. The molecule has 2 aromatic rings. The molecule has 170 valence electrons. The largest absolute Gasteiger partial charge is 0.495 e. The smallest absolute Gasteiger partial charge is 0.259 e. The molecule has 1 aromatic carbocycles. The van der Waals surface area contributed by atoms with Gasteiger partial charge in [-0.25, -0.2) is 4.98 Å². The van der Waals surface area contributed by atoms with Crippen molar-refractivity contribution >= 4 is 5.91 Å². The number of aromatic nitrogens is 1. The summed E-state index contributed by atoms with van der Waals surface area (Å²) in [4.78, 5) is 21.6. The number of carbonyl (C=O) groups is 1. The van der Waals surface area contributed by atoms with Gasteiger partial charge in [0.2, 0.25) is 5.88 Å². The number of carbonyl (C=O) groups excluding carboxylic acids is 1. The van der Waals surface area contributed by atoms with E-state index in [-0.39, 0.29) is 30.6 Å². The van der Waals surface area contributed by atoms with Crippen molar-refractivity contribution in [1.82, 2.24) is 14.8 Å². The Hall–Kier alpha value is -3.08. The quantitative estimate of drug-likeness (QED) is 0.724. The molecular weight excluding hydrogens is 406 g/mol. The fourth-order valence-electron chi connectivity index (χ4n) is 3.64. The molecule has 32 heavy (non-hydrogen) atoms. The Kier molecular flexibility index (Phi) is 7.73. The number of aliphatic hydroxyl groups is 1. The van der Waals surface area contributed by atoms with Gasteiger partial charge in [-0.1, -0.05) is 30.9 Å². The zero-order valence-corrected chi connectivity index (χ0v) is 19.3. The lowest BCUT2D eigenvalue weighted by atomic mass is 10.00. The van der Waals surface area contributed by atoms with Crippen molar-refractivity contribution in [2.24, 2.45) is 5.92 Å². The first-order valence-electron chi connectivity index (χ1n) is 10.7. The van der Waals surface area contributed by atoms with Gasteiger partial charge < -0.3 is 24.4 Å². The molecule has 7 heteroatoms. The second-order valence-electron chi connectivity index (χ2n) is 8.41.